The van der Waals surface area contributed by atoms with Crippen LogP contribution >= 0.6 is 21.8 Å². The van der Waals surface area contributed by atoms with Crippen LogP contribution < -0.4 is 4.72 Å². The summed E-state index contributed by atoms with van der Waals surface area (Å²) in [4.78, 5) is 11.0. The fourth-order valence-electron chi connectivity index (χ4n) is 0.683. The van der Waals surface area contributed by atoms with E-state index in [1.165, 1.54) is 0 Å². The molecule has 0 radical (unpaired) electrons. The highest BCUT2D eigenvalue weighted by Gasteiger charge is 2.01. The normalized spacial score (nSPS) is 9.18. The molecule has 0 spiro atoms. The second-order valence-electron chi connectivity index (χ2n) is 1.87. The summed E-state index contributed by atoms with van der Waals surface area (Å²) in [7, 11) is 5.23. The van der Waals surface area contributed by atoms with Gasteiger partial charge in [-0.3, -0.25) is 9.52 Å². The maximum atomic E-state index is 11.0. The first kappa shape index (κ1) is 8.43. The molecule has 1 N–H and O–H groups in total. The van der Waals surface area contributed by atoms with Crippen LogP contribution in [0.5, 0.6) is 0 Å². The van der Waals surface area contributed by atoms with Crippen molar-refractivity contribution in [2.75, 3.05) is 0 Å². The molecular formula is C7H6ClNOS. The highest BCUT2D eigenvalue weighted by atomic mass is 35.7. The van der Waals surface area contributed by atoms with E-state index in [0.29, 0.717) is 5.56 Å². The van der Waals surface area contributed by atoms with E-state index in [1.807, 2.05) is 6.07 Å². The summed E-state index contributed by atoms with van der Waals surface area (Å²) in [5, 5.41) is 0. The van der Waals surface area contributed by atoms with Gasteiger partial charge in [-0.2, -0.15) is 0 Å². The number of hydrogen-bond donors (Lipinski definition) is 1. The van der Waals surface area contributed by atoms with Crippen LogP contribution in [0.1, 0.15) is 10.4 Å². The second-order valence-corrected chi connectivity index (χ2v) is 2.70. The van der Waals surface area contributed by atoms with Gasteiger partial charge in [0.1, 0.15) is 0 Å². The van der Waals surface area contributed by atoms with Gasteiger partial charge < -0.3 is 0 Å². The van der Waals surface area contributed by atoms with Gasteiger partial charge in [0.15, 0.2) is 0 Å². The quantitative estimate of drug-likeness (QED) is 0.720. The summed E-state index contributed by atoms with van der Waals surface area (Å²) in [6, 6.07) is 8.90. The SMILES string of the molecule is O=C(NSCl)c1ccccc1. The first-order valence-electron chi connectivity index (χ1n) is 2.97. The van der Waals surface area contributed by atoms with E-state index < -0.39 is 0 Å². The lowest BCUT2D eigenvalue weighted by Gasteiger charge is -1.97. The topological polar surface area (TPSA) is 29.1 Å². The summed E-state index contributed by atoms with van der Waals surface area (Å²) in [6.45, 7) is 0. The molecular weight excluding hydrogens is 182 g/mol. The summed E-state index contributed by atoms with van der Waals surface area (Å²) in [6.07, 6.45) is 0. The van der Waals surface area contributed by atoms with Crippen molar-refractivity contribution in [3.63, 3.8) is 0 Å². The molecule has 1 aromatic carbocycles. The average Bonchev–Trinajstić information content (AvgIpc) is 2.07. The van der Waals surface area contributed by atoms with Crippen LogP contribution in [0.25, 0.3) is 0 Å². The monoisotopic (exact) mass is 187 g/mol. The van der Waals surface area contributed by atoms with Gasteiger partial charge >= 0.3 is 0 Å². The van der Waals surface area contributed by atoms with Crippen LogP contribution in [-0.4, -0.2) is 5.91 Å². The Bertz CT molecular complexity index is 239. The maximum absolute atomic E-state index is 11.0. The summed E-state index contributed by atoms with van der Waals surface area (Å²) in [5.74, 6) is -0.175. The molecule has 0 aliphatic heterocycles. The molecule has 0 heterocycles. The van der Waals surface area contributed by atoms with Gasteiger partial charge in [0, 0.05) is 5.56 Å². The van der Waals surface area contributed by atoms with Crippen LogP contribution in [0.15, 0.2) is 30.3 Å². The Labute approximate surface area is 73.6 Å². The molecule has 4 heteroatoms. The number of benzene rings is 1. The zero-order chi connectivity index (χ0) is 8.10. The van der Waals surface area contributed by atoms with Crippen molar-refractivity contribution in [3.8, 4) is 0 Å². The van der Waals surface area contributed by atoms with E-state index in [0.717, 1.165) is 11.2 Å². The lowest BCUT2D eigenvalue weighted by atomic mass is 10.2. The molecule has 58 valence electrons. The van der Waals surface area contributed by atoms with Crippen LogP contribution in [0.4, 0.5) is 0 Å². The third kappa shape index (κ3) is 2.44. The standard InChI is InChI=1S/C7H6ClNOS/c8-11-9-7(10)6-4-2-1-3-5-6/h1-5H,(H,9,10). The fourth-order valence-corrected chi connectivity index (χ4v) is 1.08. The summed E-state index contributed by atoms with van der Waals surface area (Å²) in [5.41, 5.74) is 0.612. The number of rotatable bonds is 2. The Balaban J connectivity index is 2.69. The van der Waals surface area contributed by atoms with Crippen molar-refractivity contribution in [1.82, 2.24) is 4.72 Å². The Morgan fingerprint density at radius 1 is 1.36 bits per heavy atom. The molecule has 0 bridgehead atoms. The zero-order valence-corrected chi connectivity index (χ0v) is 7.15. The van der Waals surface area contributed by atoms with Crippen molar-refractivity contribution in [3.05, 3.63) is 35.9 Å². The predicted octanol–water partition coefficient (Wildman–Crippen LogP) is 2.22. The van der Waals surface area contributed by atoms with Gasteiger partial charge in [-0.05, 0) is 22.8 Å². The van der Waals surface area contributed by atoms with Gasteiger partial charge in [0.05, 0.1) is 11.2 Å². The average molecular weight is 188 g/mol. The molecule has 1 amide bonds. The number of hydrogen-bond acceptors (Lipinski definition) is 2. The van der Waals surface area contributed by atoms with E-state index in [-0.39, 0.29) is 5.91 Å². The van der Waals surface area contributed by atoms with Gasteiger partial charge in [0.2, 0.25) is 0 Å². The van der Waals surface area contributed by atoms with Crippen LogP contribution in [0, 0.1) is 0 Å². The molecule has 0 saturated carbocycles. The first-order valence-corrected chi connectivity index (χ1v) is 4.62. The molecule has 1 aromatic rings. The fraction of sp³-hybridized carbons (Fsp3) is 0. The number of amides is 1. The van der Waals surface area contributed by atoms with Crippen molar-refractivity contribution >= 4 is 27.8 Å². The smallest absolute Gasteiger partial charge is 0.261 e. The molecule has 0 aliphatic rings. The van der Waals surface area contributed by atoms with E-state index >= 15 is 0 Å². The van der Waals surface area contributed by atoms with E-state index in [9.17, 15) is 4.79 Å². The Morgan fingerprint density at radius 3 is 2.55 bits per heavy atom. The van der Waals surface area contributed by atoms with Crippen LogP contribution in [0.3, 0.4) is 0 Å². The molecule has 0 saturated heterocycles. The van der Waals surface area contributed by atoms with Crippen LogP contribution in [0.2, 0.25) is 0 Å². The Morgan fingerprint density at radius 2 is 2.00 bits per heavy atom. The van der Waals surface area contributed by atoms with E-state index in [1.54, 1.807) is 24.3 Å². The lowest BCUT2D eigenvalue weighted by Crippen LogP contribution is -2.13. The highest BCUT2D eigenvalue weighted by Crippen LogP contribution is 2.03. The highest BCUT2D eigenvalue weighted by molar-refractivity contribution is 8.19. The minimum atomic E-state index is -0.175. The Hall–Kier alpha value is -0.670. The molecule has 0 unspecified atom stereocenters. The number of carbonyl (C=O) groups excluding carboxylic acids is 1. The van der Waals surface area contributed by atoms with E-state index in [2.05, 4.69) is 4.72 Å². The minimum Gasteiger partial charge on any atom is -0.283 e. The minimum absolute atomic E-state index is 0.175. The van der Waals surface area contributed by atoms with Crippen molar-refractivity contribution in [2.45, 2.75) is 0 Å². The molecule has 1 rings (SSSR count). The molecule has 0 atom stereocenters. The summed E-state index contributed by atoms with van der Waals surface area (Å²) < 4.78 is 2.40. The molecule has 2 nitrogen and oxygen atoms in total. The molecule has 0 fully saturated rings. The van der Waals surface area contributed by atoms with Crippen molar-refractivity contribution < 1.29 is 4.79 Å². The largest absolute Gasteiger partial charge is 0.283 e. The van der Waals surface area contributed by atoms with Crippen molar-refractivity contribution in [1.29, 1.82) is 0 Å². The Kier molecular flexibility index (Phi) is 3.26. The number of halogens is 1. The lowest BCUT2D eigenvalue weighted by molar-refractivity contribution is 0.0985. The molecule has 11 heavy (non-hydrogen) atoms. The third-order valence-electron chi connectivity index (χ3n) is 1.17. The van der Waals surface area contributed by atoms with E-state index in [4.69, 9.17) is 10.7 Å². The van der Waals surface area contributed by atoms with Gasteiger partial charge in [-0.1, -0.05) is 18.2 Å². The number of carbonyl (C=O) groups is 1. The number of nitrogens with one attached hydrogen (secondary N) is 1. The van der Waals surface area contributed by atoms with Crippen LogP contribution in [-0.2, 0) is 0 Å². The summed E-state index contributed by atoms with van der Waals surface area (Å²) >= 11 is 0.777. The molecule has 0 aliphatic carbocycles. The first-order chi connectivity index (χ1) is 5.34. The molecule has 0 aromatic heterocycles. The van der Waals surface area contributed by atoms with Gasteiger partial charge in [-0.15, -0.1) is 0 Å². The predicted molar refractivity (Wildman–Crippen MR) is 47.4 cm³/mol. The van der Waals surface area contributed by atoms with Gasteiger partial charge in [-0.25, -0.2) is 0 Å². The van der Waals surface area contributed by atoms with Gasteiger partial charge in [0.25, 0.3) is 5.91 Å². The second kappa shape index (κ2) is 4.26. The van der Waals surface area contributed by atoms with Crippen molar-refractivity contribution in [2.24, 2.45) is 0 Å². The maximum Gasteiger partial charge on any atom is 0.261 e. The zero-order valence-electron chi connectivity index (χ0n) is 5.58. The third-order valence-corrected chi connectivity index (χ3v) is 1.66.